The zero-order valence-corrected chi connectivity index (χ0v) is 13.0. The molecule has 5 rings (SSSR count). The van der Waals surface area contributed by atoms with Crippen molar-refractivity contribution in [2.45, 2.75) is 44.1 Å². The van der Waals surface area contributed by atoms with Crippen molar-refractivity contribution in [3.8, 4) is 0 Å². The first-order valence-electron chi connectivity index (χ1n) is 7.71. The smallest absolute Gasteiger partial charge is 0.0745 e. The summed E-state index contributed by atoms with van der Waals surface area (Å²) >= 11 is 12.6. The van der Waals surface area contributed by atoms with Crippen molar-refractivity contribution in [2.75, 3.05) is 0 Å². The molecule has 108 valence electrons. The van der Waals surface area contributed by atoms with Crippen molar-refractivity contribution in [1.82, 2.24) is 0 Å². The molecule has 0 aliphatic heterocycles. The summed E-state index contributed by atoms with van der Waals surface area (Å²) < 4.78 is 0. The number of rotatable bonds is 2. The molecule has 1 aromatic carbocycles. The molecule has 0 aromatic heterocycles. The van der Waals surface area contributed by atoms with E-state index >= 15 is 0 Å². The Bertz CT molecular complexity index is 492. The van der Waals surface area contributed by atoms with Crippen LogP contribution in [-0.4, -0.2) is 10.7 Å². The minimum absolute atomic E-state index is 0.450. The fraction of sp³-hybridized carbons (Fsp3) is 0.647. The standard InChI is InChI=1S/C17H20Cl2O/c18-15-2-1-3-16(19)14(15)9-17(20)12-5-10-4-11(7-12)8-13(17)6-10/h1-3,10-13,20H,4-9H2. The van der Waals surface area contributed by atoms with E-state index in [1.54, 1.807) is 0 Å². The van der Waals surface area contributed by atoms with Gasteiger partial charge < -0.3 is 5.11 Å². The summed E-state index contributed by atoms with van der Waals surface area (Å²) in [5, 5.41) is 12.8. The maximum atomic E-state index is 11.4. The highest BCUT2D eigenvalue weighted by Gasteiger charge is 2.56. The minimum atomic E-state index is -0.581. The summed E-state index contributed by atoms with van der Waals surface area (Å²) in [6.07, 6.45) is 6.82. The summed E-state index contributed by atoms with van der Waals surface area (Å²) in [7, 11) is 0. The van der Waals surface area contributed by atoms with Crippen molar-refractivity contribution in [3.63, 3.8) is 0 Å². The molecule has 1 N–H and O–H groups in total. The molecule has 0 unspecified atom stereocenters. The second kappa shape index (κ2) is 4.63. The molecule has 1 aromatic rings. The SMILES string of the molecule is OC1(Cc2c(Cl)cccc2Cl)C2CC3CC(C2)CC1C3. The van der Waals surface area contributed by atoms with Gasteiger partial charge in [0.15, 0.2) is 0 Å². The highest BCUT2D eigenvalue weighted by atomic mass is 35.5. The summed E-state index contributed by atoms with van der Waals surface area (Å²) in [5.41, 5.74) is 0.355. The molecule has 4 fully saturated rings. The van der Waals surface area contributed by atoms with Gasteiger partial charge in [-0.2, -0.15) is 0 Å². The molecule has 4 bridgehead atoms. The maximum Gasteiger partial charge on any atom is 0.0745 e. The Labute approximate surface area is 130 Å². The Morgan fingerprint density at radius 1 is 0.950 bits per heavy atom. The van der Waals surface area contributed by atoms with Gasteiger partial charge in [-0.05, 0) is 73.5 Å². The molecule has 4 saturated carbocycles. The van der Waals surface area contributed by atoms with E-state index in [0.717, 1.165) is 17.4 Å². The molecule has 4 aliphatic carbocycles. The second-order valence-electron chi connectivity index (χ2n) is 7.17. The lowest BCUT2D eigenvalue weighted by molar-refractivity contribution is -0.171. The predicted molar refractivity (Wildman–Crippen MR) is 82.2 cm³/mol. The van der Waals surface area contributed by atoms with Crippen LogP contribution in [0.4, 0.5) is 0 Å². The number of halogens is 2. The van der Waals surface area contributed by atoms with Gasteiger partial charge in [-0.25, -0.2) is 0 Å². The third kappa shape index (κ3) is 1.94. The van der Waals surface area contributed by atoms with E-state index in [9.17, 15) is 5.11 Å². The molecule has 0 radical (unpaired) electrons. The minimum Gasteiger partial charge on any atom is -0.389 e. The van der Waals surface area contributed by atoms with Crippen LogP contribution in [-0.2, 0) is 6.42 Å². The Kier molecular flexibility index (Phi) is 3.11. The number of hydrogen-bond acceptors (Lipinski definition) is 1. The van der Waals surface area contributed by atoms with Gasteiger partial charge in [0.2, 0.25) is 0 Å². The Hall–Kier alpha value is -0.240. The van der Waals surface area contributed by atoms with Crippen LogP contribution in [0.1, 0.15) is 37.7 Å². The highest BCUT2D eigenvalue weighted by Crippen LogP contribution is 2.59. The summed E-state index contributed by atoms with van der Waals surface area (Å²) in [5.74, 6) is 2.62. The summed E-state index contributed by atoms with van der Waals surface area (Å²) in [6.45, 7) is 0. The topological polar surface area (TPSA) is 20.2 Å². The van der Waals surface area contributed by atoms with Crippen LogP contribution in [0.5, 0.6) is 0 Å². The van der Waals surface area contributed by atoms with Crippen molar-refractivity contribution < 1.29 is 5.11 Å². The number of aliphatic hydroxyl groups is 1. The van der Waals surface area contributed by atoms with Gasteiger partial charge in [-0.1, -0.05) is 29.3 Å². The van der Waals surface area contributed by atoms with Crippen LogP contribution < -0.4 is 0 Å². The van der Waals surface area contributed by atoms with E-state index in [1.165, 1.54) is 32.1 Å². The van der Waals surface area contributed by atoms with E-state index in [0.29, 0.717) is 28.3 Å². The molecule has 0 spiro atoms. The molecular weight excluding hydrogens is 291 g/mol. The van der Waals surface area contributed by atoms with E-state index in [4.69, 9.17) is 23.2 Å². The zero-order chi connectivity index (χ0) is 13.9. The van der Waals surface area contributed by atoms with Gasteiger partial charge in [-0.3, -0.25) is 0 Å². The molecule has 1 nitrogen and oxygen atoms in total. The van der Waals surface area contributed by atoms with Crippen LogP contribution in [0.25, 0.3) is 0 Å². The van der Waals surface area contributed by atoms with Crippen LogP contribution in [0, 0.1) is 23.7 Å². The van der Waals surface area contributed by atoms with Crippen LogP contribution >= 0.6 is 23.2 Å². The Morgan fingerprint density at radius 3 is 1.95 bits per heavy atom. The normalized spacial score (nSPS) is 42.1. The van der Waals surface area contributed by atoms with E-state index < -0.39 is 5.60 Å². The first-order valence-corrected chi connectivity index (χ1v) is 8.47. The van der Waals surface area contributed by atoms with Gasteiger partial charge in [0.25, 0.3) is 0 Å². The third-order valence-corrected chi connectivity index (χ3v) is 6.78. The monoisotopic (exact) mass is 310 g/mol. The van der Waals surface area contributed by atoms with Crippen molar-refractivity contribution >= 4 is 23.2 Å². The lowest BCUT2D eigenvalue weighted by atomic mass is 9.49. The maximum absolute atomic E-state index is 11.4. The average Bonchev–Trinajstić information content (AvgIpc) is 2.40. The molecule has 20 heavy (non-hydrogen) atoms. The van der Waals surface area contributed by atoms with Gasteiger partial charge in [0.1, 0.15) is 0 Å². The largest absolute Gasteiger partial charge is 0.389 e. The molecule has 0 saturated heterocycles. The van der Waals surface area contributed by atoms with E-state index in [1.807, 2.05) is 18.2 Å². The Balaban J connectivity index is 1.68. The third-order valence-electron chi connectivity index (χ3n) is 6.07. The first-order chi connectivity index (χ1) is 9.56. The van der Waals surface area contributed by atoms with Gasteiger partial charge >= 0.3 is 0 Å². The Morgan fingerprint density at radius 2 is 1.45 bits per heavy atom. The molecule has 0 atom stereocenters. The zero-order valence-electron chi connectivity index (χ0n) is 11.5. The summed E-state index contributed by atoms with van der Waals surface area (Å²) in [6, 6.07) is 5.62. The molecule has 3 heteroatoms. The quantitative estimate of drug-likeness (QED) is 0.837. The van der Waals surface area contributed by atoms with Crippen LogP contribution in [0.2, 0.25) is 10.0 Å². The van der Waals surface area contributed by atoms with Crippen molar-refractivity contribution in [1.29, 1.82) is 0 Å². The van der Waals surface area contributed by atoms with Crippen molar-refractivity contribution in [3.05, 3.63) is 33.8 Å². The van der Waals surface area contributed by atoms with Gasteiger partial charge in [-0.15, -0.1) is 0 Å². The molecular formula is C17H20Cl2O. The predicted octanol–water partition coefficient (Wildman–Crippen LogP) is 4.72. The molecule has 0 heterocycles. The fourth-order valence-corrected chi connectivity index (χ4v) is 5.80. The highest BCUT2D eigenvalue weighted by molar-refractivity contribution is 6.36. The lowest BCUT2D eigenvalue weighted by Gasteiger charge is -2.59. The van der Waals surface area contributed by atoms with E-state index in [2.05, 4.69) is 0 Å². The fourth-order valence-electron chi connectivity index (χ4n) is 5.27. The van der Waals surface area contributed by atoms with E-state index in [-0.39, 0.29) is 0 Å². The molecule has 4 aliphatic rings. The van der Waals surface area contributed by atoms with Crippen LogP contribution in [0.15, 0.2) is 18.2 Å². The van der Waals surface area contributed by atoms with Crippen LogP contribution in [0.3, 0.4) is 0 Å². The second-order valence-corrected chi connectivity index (χ2v) is 7.99. The van der Waals surface area contributed by atoms with Crippen molar-refractivity contribution in [2.24, 2.45) is 23.7 Å². The average molecular weight is 311 g/mol. The number of hydrogen-bond donors (Lipinski definition) is 1. The lowest BCUT2D eigenvalue weighted by Crippen LogP contribution is -2.58. The van der Waals surface area contributed by atoms with Gasteiger partial charge in [0.05, 0.1) is 5.60 Å². The summed E-state index contributed by atoms with van der Waals surface area (Å²) in [4.78, 5) is 0. The van der Waals surface area contributed by atoms with Gasteiger partial charge in [0, 0.05) is 16.5 Å². The molecule has 0 amide bonds. The number of benzene rings is 1. The first kappa shape index (κ1) is 13.4.